The van der Waals surface area contributed by atoms with E-state index in [1.165, 1.54) is 0 Å². The van der Waals surface area contributed by atoms with Crippen LogP contribution in [0.25, 0.3) is 5.57 Å². The maximum Gasteiger partial charge on any atom is 0.251 e. The normalized spacial score (nSPS) is 19.9. The summed E-state index contributed by atoms with van der Waals surface area (Å²) in [5.74, 6) is 1.02. The average Bonchev–Trinajstić information content (AvgIpc) is 3.41. The molecular formula is C21H21ClN2O3. The van der Waals surface area contributed by atoms with E-state index in [9.17, 15) is 9.59 Å². The number of pyridine rings is 1. The SMILES string of the molecule is COc1ccc(/C(=C/[C@H]2CCC(=O)N2)c2ccc(C3CC3)c(=O)[nH]2)cc1Cl. The zero-order valence-corrected chi connectivity index (χ0v) is 15.8. The number of hydrogen-bond acceptors (Lipinski definition) is 3. The highest BCUT2D eigenvalue weighted by atomic mass is 35.5. The number of H-pyrrole nitrogens is 1. The van der Waals surface area contributed by atoms with E-state index < -0.39 is 0 Å². The van der Waals surface area contributed by atoms with Crippen molar-refractivity contribution >= 4 is 23.1 Å². The third kappa shape index (κ3) is 3.78. The Kier molecular flexibility index (Phi) is 4.79. The van der Waals surface area contributed by atoms with Crippen LogP contribution in [0.3, 0.4) is 0 Å². The van der Waals surface area contributed by atoms with Gasteiger partial charge in [-0.25, -0.2) is 0 Å². The average molecular weight is 385 g/mol. The number of halogens is 1. The minimum absolute atomic E-state index is 0.0425. The first kappa shape index (κ1) is 17.9. The molecule has 1 saturated carbocycles. The Hall–Kier alpha value is -2.53. The molecular weight excluding hydrogens is 364 g/mol. The smallest absolute Gasteiger partial charge is 0.251 e. The molecule has 0 unspecified atom stereocenters. The number of rotatable bonds is 5. The molecule has 1 aromatic heterocycles. The van der Waals surface area contributed by atoms with Crippen LogP contribution < -0.4 is 15.6 Å². The van der Waals surface area contributed by atoms with Gasteiger partial charge < -0.3 is 15.0 Å². The number of carbonyl (C=O) groups excluding carboxylic acids is 1. The summed E-state index contributed by atoms with van der Waals surface area (Å²) in [6.45, 7) is 0. The lowest BCUT2D eigenvalue weighted by Gasteiger charge is -2.14. The van der Waals surface area contributed by atoms with Gasteiger partial charge in [0.25, 0.3) is 5.56 Å². The van der Waals surface area contributed by atoms with Gasteiger partial charge in [0, 0.05) is 29.3 Å². The standard InChI is InChI=1S/C21H21ClN2O3/c1-27-19-8-4-13(10-17(19)22)16(11-14-5-9-20(25)23-14)18-7-6-15(12-2-3-12)21(26)24-18/h4,6-8,10-12,14H,2-3,5,9H2,1H3,(H,23,25)(H,24,26)/b16-11-/t14-/m1/s1. The van der Waals surface area contributed by atoms with E-state index in [4.69, 9.17) is 16.3 Å². The number of aromatic nitrogens is 1. The monoisotopic (exact) mass is 384 g/mol. The largest absolute Gasteiger partial charge is 0.495 e. The van der Waals surface area contributed by atoms with Crippen LogP contribution in [0.5, 0.6) is 5.75 Å². The zero-order valence-electron chi connectivity index (χ0n) is 15.0. The fraction of sp³-hybridized carbons (Fsp3) is 0.333. The van der Waals surface area contributed by atoms with Crippen molar-refractivity contribution in [3.8, 4) is 5.75 Å². The van der Waals surface area contributed by atoms with E-state index in [2.05, 4.69) is 10.3 Å². The predicted octanol–water partition coefficient (Wildman–Crippen LogP) is 3.62. The van der Waals surface area contributed by atoms with Crippen molar-refractivity contribution in [1.29, 1.82) is 0 Å². The molecule has 1 saturated heterocycles. The van der Waals surface area contributed by atoms with Gasteiger partial charge in [-0.05, 0) is 48.9 Å². The summed E-state index contributed by atoms with van der Waals surface area (Å²) >= 11 is 6.31. The lowest BCUT2D eigenvalue weighted by molar-refractivity contribution is -0.119. The Bertz CT molecular complexity index is 976. The molecule has 2 aromatic rings. The maximum atomic E-state index is 12.5. The van der Waals surface area contributed by atoms with Crippen molar-refractivity contribution in [2.24, 2.45) is 0 Å². The molecule has 1 atom stereocenters. The third-order valence-electron chi connectivity index (χ3n) is 5.11. The van der Waals surface area contributed by atoms with Crippen molar-refractivity contribution < 1.29 is 9.53 Å². The maximum absolute atomic E-state index is 12.5. The molecule has 140 valence electrons. The van der Waals surface area contributed by atoms with Gasteiger partial charge in [0.2, 0.25) is 5.91 Å². The lowest BCUT2D eigenvalue weighted by atomic mass is 9.98. The van der Waals surface area contributed by atoms with Gasteiger partial charge in [-0.1, -0.05) is 29.8 Å². The molecule has 0 radical (unpaired) electrons. The Labute approximate surface area is 162 Å². The molecule has 0 bridgehead atoms. The van der Waals surface area contributed by atoms with Gasteiger partial charge in [0.1, 0.15) is 5.75 Å². The molecule has 27 heavy (non-hydrogen) atoms. The zero-order chi connectivity index (χ0) is 19.0. The molecule has 4 rings (SSSR count). The predicted molar refractivity (Wildman–Crippen MR) is 105 cm³/mol. The number of ether oxygens (including phenoxy) is 1. The Morgan fingerprint density at radius 1 is 1.19 bits per heavy atom. The molecule has 1 amide bonds. The first-order valence-corrected chi connectivity index (χ1v) is 9.51. The van der Waals surface area contributed by atoms with Gasteiger partial charge in [-0.3, -0.25) is 9.59 Å². The molecule has 2 aliphatic rings. The van der Waals surface area contributed by atoms with Gasteiger partial charge >= 0.3 is 0 Å². The van der Waals surface area contributed by atoms with Crippen LogP contribution in [0.1, 0.15) is 48.4 Å². The van der Waals surface area contributed by atoms with Gasteiger partial charge in [-0.2, -0.15) is 0 Å². The first-order chi connectivity index (χ1) is 13.0. The summed E-state index contributed by atoms with van der Waals surface area (Å²) in [7, 11) is 1.57. The molecule has 6 heteroatoms. The molecule has 1 aliphatic heterocycles. The number of methoxy groups -OCH3 is 1. The lowest BCUT2D eigenvalue weighted by Crippen LogP contribution is -2.23. The topological polar surface area (TPSA) is 71.2 Å². The first-order valence-electron chi connectivity index (χ1n) is 9.14. The summed E-state index contributed by atoms with van der Waals surface area (Å²) in [6.07, 6.45) is 5.39. The molecule has 1 aromatic carbocycles. The van der Waals surface area contributed by atoms with Crippen molar-refractivity contribution in [1.82, 2.24) is 10.3 Å². The molecule has 5 nitrogen and oxygen atoms in total. The number of hydrogen-bond donors (Lipinski definition) is 2. The van der Waals surface area contributed by atoms with E-state index in [-0.39, 0.29) is 17.5 Å². The molecule has 0 spiro atoms. The minimum atomic E-state index is -0.0695. The summed E-state index contributed by atoms with van der Waals surface area (Å²) in [5, 5.41) is 3.44. The fourth-order valence-corrected chi connectivity index (χ4v) is 3.75. The van der Waals surface area contributed by atoms with Crippen LogP contribution in [0.4, 0.5) is 0 Å². The quantitative estimate of drug-likeness (QED) is 0.827. The van der Waals surface area contributed by atoms with Crippen LogP contribution in [0.2, 0.25) is 5.02 Å². The van der Waals surface area contributed by atoms with Crippen molar-refractivity contribution in [3.63, 3.8) is 0 Å². The van der Waals surface area contributed by atoms with E-state index >= 15 is 0 Å². The van der Waals surface area contributed by atoms with Gasteiger partial charge in [0.05, 0.1) is 12.1 Å². The second kappa shape index (κ2) is 7.24. The van der Waals surface area contributed by atoms with Crippen LogP contribution in [0, 0.1) is 0 Å². The highest BCUT2D eigenvalue weighted by molar-refractivity contribution is 6.32. The molecule has 1 aliphatic carbocycles. The number of nitrogens with one attached hydrogen (secondary N) is 2. The number of benzene rings is 1. The van der Waals surface area contributed by atoms with Crippen molar-refractivity contribution in [2.45, 2.75) is 37.6 Å². The molecule has 2 heterocycles. The van der Waals surface area contributed by atoms with E-state index in [1.807, 2.05) is 30.3 Å². The number of amides is 1. The summed E-state index contributed by atoms with van der Waals surface area (Å²) < 4.78 is 5.23. The Balaban J connectivity index is 1.77. The Morgan fingerprint density at radius 2 is 2.00 bits per heavy atom. The second-order valence-corrected chi connectivity index (χ2v) is 7.48. The minimum Gasteiger partial charge on any atom is -0.495 e. The van der Waals surface area contributed by atoms with Crippen molar-refractivity contribution in [2.75, 3.05) is 7.11 Å². The second-order valence-electron chi connectivity index (χ2n) is 7.07. The fourth-order valence-electron chi connectivity index (χ4n) is 3.50. The van der Waals surface area contributed by atoms with E-state index in [0.717, 1.165) is 36.0 Å². The van der Waals surface area contributed by atoms with Crippen LogP contribution in [-0.4, -0.2) is 24.0 Å². The Morgan fingerprint density at radius 3 is 2.59 bits per heavy atom. The van der Waals surface area contributed by atoms with Crippen LogP contribution >= 0.6 is 11.6 Å². The highest BCUT2D eigenvalue weighted by Crippen LogP contribution is 2.38. The number of carbonyl (C=O) groups is 1. The van der Waals surface area contributed by atoms with E-state index in [1.54, 1.807) is 13.2 Å². The van der Waals surface area contributed by atoms with Gasteiger partial charge in [0.15, 0.2) is 0 Å². The van der Waals surface area contributed by atoms with Crippen molar-refractivity contribution in [3.05, 3.63) is 68.6 Å². The number of aromatic amines is 1. The van der Waals surface area contributed by atoms with E-state index in [0.29, 0.717) is 28.8 Å². The van der Waals surface area contributed by atoms with Crippen LogP contribution in [-0.2, 0) is 4.79 Å². The summed E-state index contributed by atoms with van der Waals surface area (Å²) in [5.41, 5.74) is 3.21. The summed E-state index contributed by atoms with van der Waals surface area (Å²) in [4.78, 5) is 27.1. The summed E-state index contributed by atoms with van der Waals surface area (Å²) in [6, 6.07) is 9.31. The van der Waals surface area contributed by atoms with Crippen LogP contribution in [0.15, 0.2) is 41.2 Å². The van der Waals surface area contributed by atoms with Gasteiger partial charge in [-0.15, -0.1) is 0 Å². The third-order valence-corrected chi connectivity index (χ3v) is 5.40. The highest BCUT2D eigenvalue weighted by Gasteiger charge is 2.26. The molecule has 2 N–H and O–H groups in total. The molecule has 2 fully saturated rings.